The lowest BCUT2D eigenvalue weighted by atomic mass is 9.95. The zero-order chi connectivity index (χ0) is 17.9. The first-order chi connectivity index (χ1) is 12.0. The smallest absolute Gasteiger partial charge is 0.227 e. The molecule has 25 heavy (non-hydrogen) atoms. The van der Waals surface area contributed by atoms with Gasteiger partial charge in [-0.2, -0.15) is 0 Å². The lowest BCUT2D eigenvalue weighted by Crippen LogP contribution is -2.40. The number of aromatic nitrogens is 1. The molecule has 5 heteroatoms. The number of aliphatic hydroxyl groups is 1. The van der Waals surface area contributed by atoms with Crippen molar-refractivity contribution in [2.45, 2.75) is 32.2 Å². The van der Waals surface area contributed by atoms with Crippen LogP contribution in [0.4, 0.5) is 0 Å². The summed E-state index contributed by atoms with van der Waals surface area (Å²) in [7, 11) is 0. The Balaban J connectivity index is 1.84. The van der Waals surface area contributed by atoms with Gasteiger partial charge >= 0.3 is 0 Å². The van der Waals surface area contributed by atoms with Crippen LogP contribution in [0.5, 0.6) is 5.75 Å². The molecule has 0 fully saturated rings. The molecule has 3 aromatic rings. The number of benzene rings is 2. The molecule has 0 bridgehead atoms. The Bertz CT molecular complexity index is 855. The minimum atomic E-state index is -0.566. The molecule has 1 unspecified atom stereocenters. The van der Waals surface area contributed by atoms with Crippen molar-refractivity contribution in [1.82, 2.24) is 4.98 Å². The van der Waals surface area contributed by atoms with Crippen LogP contribution >= 0.6 is 0 Å². The quantitative estimate of drug-likeness (QED) is 0.687. The summed E-state index contributed by atoms with van der Waals surface area (Å²) in [6, 6.07) is 13.7. The van der Waals surface area contributed by atoms with E-state index in [0.29, 0.717) is 18.9 Å². The van der Waals surface area contributed by atoms with Gasteiger partial charge in [-0.1, -0.05) is 12.1 Å². The van der Waals surface area contributed by atoms with Gasteiger partial charge in [0.15, 0.2) is 5.58 Å². The summed E-state index contributed by atoms with van der Waals surface area (Å²) in [5, 5.41) is 9.27. The second-order valence-corrected chi connectivity index (χ2v) is 6.59. The number of hydrogen-bond acceptors (Lipinski definition) is 5. The maximum Gasteiger partial charge on any atom is 0.227 e. The van der Waals surface area contributed by atoms with Crippen LogP contribution in [0.15, 0.2) is 46.9 Å². The summed E-state index contributed by atoms with van der Waals surface area (Å²) in [6.07, 6.45) is 1.49. The summed E-state index contributed by atoms with van der Waals surface area (Å²) in [6.45, 7) is 4.40. The first-order valence-electron chi connectivity index (χ1n) is 8.53. The van der Waals surface area contributed by atoms with E-state index in [1.807, 2.05) is 56.3 Å². The second-order valence-electron chi connectivity index (χ2n) is 6.59. The number of nitrogens with two attached hydrogens (primary N) is 1. The molecule has 1 heterocycles. The van der Waals surface area contributed by atoms with Gasteiger partial charge in [-0.3, -0.25) is 0 Å². The predicted octanol–water partition coefficient (Wildman–Crippen LogP) is 3.54. The van der Waals surface area contributed by atoms with Gasteiger partial charge in [0.05, 0.1) is 13.2 Å². The van der Waals surface area contributed by atoms with Crippen molar-refractivity contribution in [2.75, 3.05) is 13.2 Å². The minimum absolute atomic E-state index is 0.0282. The Morgan fingerprint density at radius 2 is 2.08 bits per heavy atom. The number of fused-ring (bicyclic) bond motifs is 1. The number of ether oxygens (including phenoxy) is 1. The third-order valence-electron chi connectivity index (χ3n) is 4.19. The van der Waals surface area contributed by atoms with Crippen LogP contribution in [0.1, 0.15) is 25.8 Å². The Labute approximate surface area is 147 Å². The molecular weight excluding hydrogens is 316 g/mol. The topological polar surface area (TPSA) is 81.5 Å². The van der Waals surface area contributed by atoms with Crippen molar-refractivity contribution >= 4 is 11.1 Å². The van der Waals surface area contributed by atoms with Gasteiger partial charge in [0, 0.05) is 11.1 Å². The van der Waals surface area contributed by atoms with E-state index in [0.717, 1.165) is 34.4 Å². The fourth-order valence-electron chi connectivity index (χ4n) is 2.65. The molecule has 0 spiro atoms. The van der Waals surface area contributed by atoms with Crippen molar-refractivity contribution < 1.29 is 14.3 Å². The number of aliphatic hydroxyl groups excluding tert-OH is 1. The summed E-state index contributed by atoms with van der Waals surface area (Å²) >= 11 is 0. The number of aryl methyl sites for hydroxylation is 1. The van der Waals surface area contributed by atoms with Gasteiger partial charge in [-0.05, 0) is 62.6 Å². The van der Waals surface area contributed by atoms with Crippen molar-refractivity contribution in [3.05, 3.63) is 48.0 Å². The fraction of sp³-hybridized carbons (Fsp3) is 0.350. The van der Waals surface area contributed by atoms with Crippen molar-refractivity contribution in [1.29, 1.82) is 0 Å². The summed E-state index contributed by atoms with van der Waals surface area (Å²) in [4.78, 5) is 4.61. The number of nitrogens with zero attached hydrogens (tertiary/aromatic N) is 1. The SMILES string of the molecule is CCOc1cccc(-c2nc3cc(CCC(C)(N)CO)ccc3o2)c1. The maximum absolute atomic E-state index is 9.27. The number of hydrogen-bond donors (Lipinski definition) is 2. The van der Waals surface area contributed by atoms with Crippen molar-refractivity contribution in [2.24, 2.45) is 5.73 Å². The van der Waals surface area contributed by atoms with E-state index >= 15 is 0 Å². The lowest BCUT2D eigenvalue weighted by Gasteiger charge is -2.21. The Hall–Kier alpha value is -2.37. The average Bonchev–Trinajstić information content (AvgIpc) is 3.04. The molecule has 0 amide bonds. The Kier molecular flexibility index (Phi) is 5.06. The monoisotopic (exact) mass is 340 g/mol. The highest BCUT2D eigenvalue weighted by molar-refractivity contribution is 5.77. The summed E-state index contributed by atoms with van der Waals surface area (Å²) in [5.41, 5.74) is 9.01. The highest BCUT2D eigenvalue weighted by Gasteiger charge is 2.17. The van der Waals surface area contributed by atoms with E-state index in [-0.39, 0.29) is 6.61 Å². The van der Waals surface area contributed by atoms with E-state index in [4.69, 9.17) is 14.9 Å². The lowest BCUT2D eigenvalue weighted by molar-refractivity contribution is 0.200. The molecule has 2 aromatic carbocycles. The summed E-state index contributed by atoms with van der Waals surface area (Å²) < 4.78 is 11.4. The number of oxazole rings is 1. The third-order valence-corrected chi connectivity index (χ3v) is 4.19. The van der Waals surface area contributed by atoms with Gasteiger partial charge in [-0.15, -0.1) is 0 Å². The molecule has 3 N–H and O–H groups in total. The predicted molar refractivity (Wildman–Crippen MR) is 98.6 cm³/mol. The van der Waals surface area contributed by atoms with Gasteiger partial charge in [-0.25, -0.2) is 4.98 Å². The van der Waals surface area contributed by atoms with Crippen LogP contribution in [0.25, 0.3) is 22.6 Å². The first kappa shape index (κ1) is 17.5. The van der Waals surface area contributed by atoms with E-state index in [1.165, 1.54) is 0 Å². The van der Waals surface area contributed by atoms with Crippen LogP contribution in [0.3, 0.4) is 0 Å². The minimum Gasteiger partial charge on any atom is -0.494 e. The van der Waals surface area contributed by atoms with Gasteiger partial charge < -0.3 is 20.0 Å². The molecule has 0 aliphatic rings. The third kappa shape index (κ3) is 4.18. The van der Waals surface area contributed by atoms with E-state index in [1.54, 1.807) is 0 Å². The molecule has 0 aliphatic carbocycles. The van der Waals surface area contributed by atoms with E-state index < -0.39 is 5.54 Å². The van der Waals surface area contributed by atoms with Gasteiger partial charge in [0.25, 0.3) is 0 Å². The zero-order valence-corrected chi connectivity index (χ0v) is 14.7. The van der Waals surface area contributed by atoms with Crippen LogP contribution in [-0.2, 0) is 6.42 Å². The molecule has 1 aromatic heterocycles. The van der Waals surface area contributed by atoms with Crippen LogP contribution in [0.2, 0.25) is 0 Å². The highest BCUT2D eigenvalue weighted by atomic mass is 16.5. The van der Waals surface area contributed by atoms with E-state index in [9.17, 15) is 5.11 Å². The van der Waals surface area contributed by atoms with Crippen molar-refractivity contribution in [3.63, 3.8) is 0 Å². The Morgan fingerprint density at radius 1 is 1.24 bits per heavy atom. The zero-order valence-electron chi connectivity index (χ0n) is 14.7. The molecule has 0 radical (unpaired) electrons. The molecule has 0 saturated heterocycles. The largest absolute Gasteiger partial charge is 0.494 e. The fourth-order valence-corrected chi connectivity index (χ4v) is 2.65. The second kappa shape index (κ2) is 7.25. The summed E-state index contributed by atoms with van der Waals surface area (Å²) in [5.74, 6) is 1.38. The van der Waals surface area contributed by atoms with Crippen LogP contribution in [-0.4, -0.2) is 28.8 Å². The van der Waals surface area contributed by atoms with E-state index in [2.05, 4.69) is 4.98 Å². The first-order valence-corrected chi connectivity index (χ1v) is 8.53. The van der Waals surface area contributed by atoms with Gasteiger partial charge in [0.1, 0.15) is 11.3 Å². The van der Waals surface area contributed by atoms with Crippen LogP contribution in [0, 0.1) is 0 Å². The molecule has 0 saturated carbocycles. The van der Waals surface area contributed by atoms with Crippen molar-refractivity contribution in [3.8, 4) is 17.2 Å². The molecule has 1 atom stereocenters. The molecule has 132 valence electrons. The average molecular weight is 340 g/mol. The standard InChI is InChI=1S/C20H24N2O3/c1-3-24-16-6-4-5-15(12-16)19-22-17-11-14(7-8-18(17)25-19)9-10-20(2,21)13-23/h4-8,11-12,23H,3,9-10,13,21H2,1-2H3. The maximum atomic E-state index is 9.27. The molecule has 5 nitrogen and oxygen atoms in total. The highest BCUT2D eigenvalue weighted by Crippen LogP contribution is 2.28. The molecule has 0 aliphatic heterocycles. The van der Waals surface area contributed by atoms with Crippen LogP contribution < -0.4 is 10.5 Å². The molecule has 3 rings (SSSR count). The molecular formula is C20H24N2O3. The van der Waals surface area contributed by atoms with Gasteiger partial charge in [0.2, 0.25) is 5.89 Å². The normalized spacial score (nSPS) is 13.8. The number of rotatable bonds is 7. The Morgan fingerprint density at radius 3 is 2.84 bits per heavy atom.